The largest absolute Gasteiger partial charge is 0.478 e. The molecule has 0 aromatic rings. The lowest BCUT2D eigenvalue weighted by atomic mass is 10.5. The van der Waals surface area contributed by atoms with Gasteiger partial charge in [0.15, 0.2) is 0 Å². The molecule has 0 aromatic carbocycles. The summed E-state index contributed by atoms with van der Waals surface area (Å²) in [6.45, 7) is 0. The molecule has 0 spiro atoms. The predicted octanol–water partition coefficient (Wildman–Crippen LogP) is -0.490. The normalized spacial score (nSPS) is 16.5. The van der Waals surface area contributed by atoms with Crippen molar-refractivity contribution in [1.82, 2.24) is 4.90 Å². The SMILES string of the molecule is O=C(O)C=CN1C(=O)C=CC1=O. The van der Waals surface area contributed by atoms with E-state index in [-0.39, 0.29) is 0 Å². The van der Waals surface area contributed by atoms with Crippen LogP contribution >= 0.6 is 0 Å². The van der Waals surface area contributed by atoms with Crippen LogP contribution in [0.2, 0.25) is 0 Å². The Bertz CT molecular complexity index is 285. The van der Waals surface area contributed by atoms with Crippen molar-refractivity contribution >= 4 is 17.8 Å². The number of carboxylic acid groups (broad SMARTS) is 1. The van der Waals surface area contributed by atoms with E-state index in [1.807, 2.05) is 0 Å². The first-order chi connectivity index (χ1) is 5.61. The first-order valence-electron chi connectivity index (χ1n) is 3.07. The summed E-state index contributed by atoms with van der Waals surface area (Å²) in [7, 11) is 0. The van der Waals surface area contributed by atoms with E-state index in [1.54, 1.807) is 0 Å². The van der Waals surface area contributed by atoms with Gasteiger partial charge in [-0.3, -0.25) is 14.5 Å². The molecule has 1 aliphatic heterocycles. The lowest BCUT2D eigenvalue weighted by Crippen LogP contribution is -2.23. The maximum atomic E-state index is 10.8. The highest BCUT2D eigenvalue weighted by molar-refractivity contribution is 6.13. The topological polar surface area (TPSA) is 74.7 Å². The first kappa shape index (κ1) is 8.19. The molecule has 62 valence electrons. The summed E-state index contributed by atoms with van der Waals surface area (Å²) in [5, 5.41) is 8.19. The first-order valence-corrected chi connectivity index (χ1v) is 3.07. The summed E-state index contributed by atoms with van der Waals surface area (Å²) in [6.07, 6.45) is 3.80. The molecule has 0 bridgehead atoms. The average Bonchev–Trinajstić information content (AvgIpc) is 2.28. The van der Waals surface area contributed by atoms with Gasteiger partial charge in [-0.1, -0.05) is 0 Å². The highest BCUT2D eigenvalue weighted by Crippen LogP contribution is 2.03. The number of imide groups is 1. The minimum Gasteiger partial charge on any atom is -0.478 e. The molecule has 0 saturated heterocycles. The van der Waals surface area contributed by atoms with Crippen molar-refractivity contribution in [3.05, 3.63) is 24.4 Å². The van der Waals surface area contributed by atoms with Gasteiger partial charge in [-0.15, -0.1) is 0 Å². The summed E-state index contributed by atoms with van der Waals surface area (Å²) in [5.74, 6) is -2.27. The molecule has 0 radical (unpaired) electrons. The molecule has 0 atom stereocenters. The highest BCUT2D eigenvalue weighted by atomic mass is 16.4. The fourth-order valence-electron chi connectivity index (χ4n) is 0.697. The summed E-state index contributed by atoms with van der Waals surface area (Å²) >= 11 is 0. The van der Waals surface area contributed by atoms with Crippen LogP contribution in [0.25, 0.3) is 0 Å². The second-order valence-electron chi connectivity index (χ2n) is 2.03. The van der Waals surface area contributed by atoms with Crippen LogP contribution in [0, 0.1) is 0 Å². The number of nitrogens with zero attached hydrogens (tertiary/aromatic N) is 1. The van der Waals surface area contributed by atoms with Gasteiger partial charge in [-0.25, -0.2) is 4.79 Å². The number of carboxylic acids is 1. The maximum absolute atomic E-state index is 10.8. The number of hydrogen-bond donors (Lipinski definition) is 1. The van der Waals surface area contributed by atoms with E-state index in [2.05, 4.69) is 0 Å². The Labute approximate surface area is 67.6 Å². The molecule has 5 nitrogen and oxygen atoms in total. The second kappa shape index (κ2) is 3.00. The number of aliphatic carboxylic acids is 1. The van der Waals surface area contributed by atoms with E-state index in [9.17, 15) is 14.4 Å². The number of carbonyl (C=O) groups excluding carboxylic acids is 2. The Hall–Kier alpha value is -1.91. The highest BCUT2D eigenvalue weighted by Gasteiger charge is 2.20. The molecule has 1 aliphatic rings. The van der Waals surface area contributed by atoms with Crippen molar-refractivity contribution in [3.63, 3.8) is 0 Å². The van der Waals surface area contributed by atoms with Gasteiger partial charge in [-0.05, 0) is 0 Å². The number of hydrogen-bond acceptors (Lipinski definition) is 3. The van der Waals surface area contributed by atoms with E-state index in [1.165, 1.54) is 0 Å². The van der Waals surface area contributed by atoms with Gasteiger partial charge in [0.2, 0.25) is 0 Å². The average molecular weight is 167 g/mol. The quantitative estimate of drug-likeness (QED) is 0.444. The minimum absolute atomic E-state index is 0.530. The Balaban J connectivity index is 2.71. The zero-order valence-electron chi connectivity index (χ0n) is 5.93. The van der Waals surface area contributed by atoms with Crippen molar-refractivity contribution in [2.45, 2.75) is 0 Å². The monoisotopic (exact) mass is 167 g/mol. The molecule has 12 heavy (non-hydrogen) atoms. The summed E-state index contributed by atoms with van der Waals surface area (Å²) in [6, 6.07) is 0. The summed E-state index contributed by atoms with van der Waals surface area (Å²) in [4.78, 5) is 32.3. The van der Waals surface area contributed by atoms with Crippen LogP contribution in [0.5, 0.6) is 0 Å². The van der Waals surface area contributed by atoms with Gasteiger partial charge in [0.05, 0.1) is 0 Å². The van der Waals surface area contributed by atoms with E-state index in [0.717, 1.165) is 24.4 Å². The lowest BCUT2D eigenvalue weighted by molar-refractivity contribution is -0.133. The maximum Gasteiger partial charge on any atom is 0.329 e. The van der Waals surface area contributed by atoms with Crippen LogP contribution in [-0.2, 0) is 14.4 Å². The van der Waals surface area contributed by atoms with Crippen LogP contribution in [0.3, 0.4) is 0 Å². The molecule has 1 heterocycles. The van der Waals surface area contributed by atoms with Crippen LogP contribution in [0.4, 0.5) is 0 Å². The fourth-order valence-corrected chi connectivity index (χ4v) is 0.697. The third kappa shape index (κ3) is 1.57. The van der Waals surface area contributed by atoms with Gasteiger partial charge < -0.3 is 5.11 Å². The molecule has 1 N–H and O–H groups in total. The van der Waals surface area contributed by atoms with Gasteiger partial charge in [0, 0.05) is 24.4 Å². The van der Waals surface area contributed by atoms with E-state index in [0.29, 0.717) is 4.90 Å². The Morgan fingerprint density at radius 3 is 2.25 bits per heavy atom. The van der Waals surface area contributed by atoms with Gasteiger partial charge in [-0.2, -0.15) is 0 Å². The van der Waals surface area contributed by atoms with Crippen LogP contribution in [0.1, 0.15) is 0 Å². The molecule has 0 fully saturated rings. The van der Waals surface area contributed by atoms with Crippen molar-refractivity contribution in [2.24, 2.45) is 0 Å². The van der Waals surface area contributed by atoms with Crippen LogP contribution < -0.4 is 0 Å². The molecule has 0 unspecified atom stereocenters. The molecule has 2 amide bonds. The Morgan fingerprint density at radius 2 is 1.83 bits per heavy atom. The molecule has 0 aromatic heterocycles. The zero-order valence-corrected chi connectivity index (χ0v) is 5.93. The zero-order chi connectivity index (χ0) is 9.14. The summed E-state index contributed by atoms with van der Waals surface area (Å²) < 4.78 is 0. The molecule has 0 saturated carbocycles. The molecule has 1 rings (SSSR count). The van der Waals surface area contributed by atoms with Crippen molar-refractivity contribution < 1.29 is 19.5 Å². The number of carbonyl (C=O) groups is 3. The standard InChI is InChI=1S/C7H5NO4/c9-5-1-2-6(10)8(5)4-3-7(11)12/h1-4H,(H,11,12). The van der Waals surface area contributed by atoms with E-state index < -0.39 is 17.8 Å². The Morgan fingerprint density at radius 1 is 1.33 bits per heavy atom. The predicted molar refractivity (Wildman–Crippen MR) is 37.8 cm³/mol. The number of rotatable bonds is 2. The lowest BCUT2D eigenvalue weighted by Gasteiger charge is -2.04. The molecular weight excluding hydrogens is 162 g/mol. The van der Waals surface area contributed by atoms with E-state index >= 15 is 0 Å². The second-order valence-corrected chi connectivity index (χ2v) is 2.03. The third-order valence-corrected chi connectivity index (χ3v) is 1.21. The minimum atomic E-state index is -1.21. The van der Waals surface area contributed by atoms with Gasteiger partial charge in [0.1, 0.15) is 0 Å². The van der Waals surface area contributed by atoms with E-state index in [4.69, 9.17) is 5.11 Å². The van der Waals surface area contributed by atoms with Gasteiger partial charge in [0.25, 0.3) is 11.8 Å². The fraction of sp³-hybridized carbons (Fsp3) is 0. The van der Waals surface area contributed by atoms with Crippen molar-refractivity contribution in [3.8, 4) is 0 Å². The summed E-state index contributed by atoms with van der Waals surface area (Å²) in [5.41, 5.74) is 0. The molecule has 5 heteroatoms. The Kier molecular flexibility index (Phi) is 2.05. The smallest absolute Gasteiger partial charge is 0.329 e. The van der Waals surface area contributed by atoms with Crippen LogP contribution in [0.15, 0.2) is 24.4 Å². The van der Waals surface area contributed by atoms with Gasteiger partial charge >= 0.3 is 5.97 Å². The molecular formula is C7H5NO4. The third-order valence-electron chi connectivity index (χ3n) is 1.21. The number of amides is 2. The van der Waals surface area contributed by atoms with Crippen LogP contribution in [-0.4, -0.2) is 27.8 Å². The van der Waals surface area contributed by atoms with Crippen molar-refractivity contribution in [1.29, 1.82) is 0 Å². The molecule has 0 aliphatic carbocycles. The van der Waals surface area contributed by atoms with Crippen molar-refractivity contribution in [2.75, 3.05) is 0 Å².